The number of aromatic nitrogens is 1. The molecule has 0 unspecified atom stereocenters. The van der Waals surface area contributed by atoms with Crippen LogP contribution in [0.15, 0.2) is 30.5 Å². The zero-order valence-electron chi connectivity index (χ0n) is 8.18. The quantitative estimate of drug-likeness (QED) is 0.747. The molecule has 1 aromatic carbocycles. The highest BCUT2D eigenvalue weighted by Gasteiger charge is 2.03. The summed E-state index contributed by atoms with van der Waals surface area (Å²) in [6.45, 7) is 0.489. The maximum atomic E-state index is 10.5. The number of fused-ring (bicyclic) bond motifs is 1. The first-order chi connectivity index (χ1) is 7.16. The first-order valence-corrected chi connectivity index (χ1v) is 4.73. The second-order valence-corrected chi connectivity index (χ2v) is 3.47. The topological polar surface area (TPSA) is 68.2 Å². The molecule has 1 heterocycles. The summed E-state index contributed by atoms with van der Waals surface area (Å²) < 4.78 is 1.92. The zero-order chi connectivity index (χ0) is 10.8. The number of aryl methyl sites for hydroxylation is 1. The van der Waals surface area contributed by atoms with Crippen molar-refractivity contribution in [3.63, 3.8) is 0 Å². The minimum absolute atomic E-state index is 0.133. The van der Waals surface area contributed by atoms with Crippen molar-refractivity contribution in [2.45, 2.75) is 13.0 Å². The molecule has 0 fully saturated rings. The highest BCUT2D eigenvalue weighted by atomic mass is 16.4. The fourth-order valence-corrected chi connectivity index (χ4v) is 1.63. The van der Waals surface area contributed by atoms with Crippen LogP contribution in [-0.4, -0.2) is 15.6 Å². The summed E-state index contributed by atoms with van der Waals surface area (Å²) in [4.78, 5) is 10.5. The summed E-state index contributed by atoms with van der Waals surface area (Å²) in [5, 5.41) is 9.64. The Morgan fingerprint density at radius 1 is 1.40 bits per heavy atom. The average molecular weight is 204 g/mol. The van der Waals surface area contributed by atoms with Gasteiger partial charge in [0.25, 0.3) is 0 Å². The lowest BCUT2D eigenvalue weighted by Crippen LogP contribution is -2.03. The Morgan fingerprint density at radius 2 is 2.20 bits per heavy atom. The van der Waals surface area contributed by atoms with Gasteiger partial charge in [-0.25, -0.2) is 0 Å². The van der Waals surface area contributed by atoms with Crippen LogP contribution >= 0.6 is 0 Å². The Kier molecular flexibility index (Phi) is 2.33. The predicted molar refractivity (Wildman–Crippen MR) is 58.6 cm³/mol. The molecule has 4 nitrogen and oxygen atoms in total. The van der Waals surface area contributed by atoms with Gasteiger partial charge in [0.1, 0.15) is 0 Å². The monoisotopic (exact) mass is 204 g/mol. The molecule has 1 aromatic heterocycles. The van der Waals surface area contributed by atoms with Gasteiger partial charge >= 0.3 is 5.97 Å². The van der Waals surface area contributed by atoms with E-state index < -0.39 is 5.97 Å². The van der Waals surface area contributed by atoms with Gasteiger partial charge in [0.2, 0.25) is 0 Å². The molecule has 15 heavy (non-hydrogen) atoms. The van der Waals surface area contributed by atoms with E-state index in [9.17, 15) is 4.79 Å². The molecule has 2 aromatic rings. The Bertz CT molecular complexity index is 502. The van der Waals surface area contributed by atoms with Gasteiger partial charge in [-0.15, -0.1) is 0 Å². The normalized spacial score (nSPS) is 10.7. The lowest BCUT2D eigenvalue weighted by atomic mass is 10.2. The van der Waals surface area contributed by atoms with Gasteiger partial charge < -0.3 is 15.4 Å². The van der Waals surface area contributed by atoms with E-state index in [1.54, 1.807) is 0 Å². The highest BCUT2D eigenvalue weighted by molar-refractivity contribution is 5.83. The number of carboxylic acid groups (broad SMARTS) is 1. The molecule has 0 saturated heterocycles. The van der Waals surface area contributed by atoms with E-state index in [1.165, 1.54) is 0 Å². The van der Waals surface area contributed by atoms with E-state index in [-0.39, 0.29) is 6.42 Å². The fourth-order valence-electron chi connectivity index (χ4n) is 1.63. The summed E-state index contributed by atoms with van der Waals surface area (Å²) in [6, 6.07) is 7.55. The number of benzene rings is 1. The molecule has 3 N–H and O–H groups in total. The zero-order valence-corrected chi connectivity index (χ0v) is 8.18. The van der Waals surface area contributed by atoms with Gasteiger partial charge in [0.15, 0.2) is 0 Å². The number of nitrogen functional groups attached to an aromatic ring is 1. The number of carbonyl (C=O) groups is 1. The first-order valence-electron chi connectivity index (χ1n) is 4.73. The third-order valence-corrected chi connectivity index (χ3v) is 2.36. The average Bonchev–Trinajstić information content (AvgIpc) is 2.57. The van der Waals surface area contributed by atoms with Gasteiger partial charge in [-0.3, -0.25) is 4.79 Å². The number of nitrogens with zero attached hydrogens (tertiary/aromatic N) is 1. The molecule has 0 bridgehead atoms. The van der Waals surface area contributed by atoms with Gasteiger partial charge in [-0.2, -0.15) is 0 Å². The van der Waals surface area contributed by atoms with Crippen molar-refractivity contribution >= 4 is 22.6 Å². The molecule has 0 saturated carbocycles. The van der Waals surface area contributed by atoms with Crippen LogP contribution in [-0.2, 0) is 11.3 Å². The van der Waals surface area contributed by atoms with Crippen LogP contribution in [0.2, 0.25) is 0 Å². The van der Waals surface area contributed by atoms with Crippen LogP contribution in [0.3, 0.4) is 0 Å². The van der Waals surface area contributed by atoms with Gasteiger partial charge in [-0.1, -0.05) is 0 Å². The molecular formula is C11H12N2O2. The second-order valence-electron chi connectivity index (χ2n) is 3.47. The molecule has 0 aliphatic carbocycles. The molecule has 0 aliphatic rings. The largest absolute Gasteiger partial charge is 0.481 e. The van der Waals surface area contributed by atoms with Crippen LogP contribution in [0.1, 0.15) is 6.42 Å². The van der Waals surface area contributed by atoms with E-state index in [4.69, 9.17) is 10.8 Å². The van der Waals surface area contributed by atoms with Gasteiger partial charge in [0.05, 0.1) is 6.42 Å². The molecule has 0 atom stereocenters. The summed E-state index contributed by atoms with van der Waals surface area (Å²) in [5.74, 6) is -0.785. The number of anilines is 1. The van der Waals surface area contributed by atoms with Crippen LogP contribution in [0.25, 0.3) is 10.9 Å². The van der Waals surface area contributed by atoms with Crippen LogP contribution in [0.5, 0.6) is 0 Å². The van der Waals surface area contributed by atoms with Crippen molar-refractivity contribution in [1.82, 2.24) is 4.57 Å². The summed E-state index contributed by atoms with van der Waals surface area (Å²) in [6.07, 6.45) is 2.02. The minimum Gasteiger partial charge on any atom is -0.481 e. The lowest BCUT2D eigenvalue weighted by Gasteiger charge is -2.02. The molecule has 0 aliphatic heterocycles. The number of nitrogens with two attached hydrogens (primary N) is 1. The Hall–Kier alpha value is -1.97. The summed E-state index contributed by atoms with van der Waals surface area (Å²) in [7, 11) is 0. The van der Waals surface area contributed by atoms with Crippen molar-refractivity contribution < 1.29 is 9.90 Å². The van der Waals surface area contributed by atoms with E-state index in [0.29, 0.717) is 6.54 Å². The first kappa shape index (κ1) is 9.58. The number of carboxylic acids is 1. The number of rotatable bonds is 3. The standard InChI is InChI=1S/C11H12N2O2/c12-9-1-2-10-8(7-9)3-5-13(10)6-4-11(14)15/h1-3,5,7H,4,6,12H2,(H,14,15). The van der Waals surface area contributed by atoms with E-state index >= 15 is 0 Å². The Balaban J connectivity index is 2.32. The Morgan fingerprint density at radius 3 is 2.93 bits per heavy atom. The number of hydrogen-bond acceptors (Lipinski definition) is 2. The molecule has 4 heteroatoms. The van der Waals surface area contributed by atoms with E-state index in [1.807, 2.05) is 35.0 Å². The molecule has 2 rings (SSSR count). The van der Waals surface area contributed by atoms with Crippen molar-refractivity contribution in [2.24, 2.45) is 0 Å². The van der Waals surface area contributed by atoms with Crippen LogP contribution < -0.4 is 5.73 Å². The molecule has 78 valence electrons. The molecule has 0 amide bonds. The van der Waals surface area contributed by atoms with Gasteiger partial charge in [-0.05, 0) is 24.3 Å². The van der Waals surface area contributed by atoms with Crippen LogP contribution in [0.4, 0.5) is 5.69 Å². The van der Waals surface area contributed by atoms with Gasteiger partial charge in [0, 0.05) is 29.3 Å². The maximum Gasteiger partial charge on any atom is 0.305 e. The van der Waals surface area contributed by atoms with Crippen molar-refractivity contribution in [3.8, 4) is 0 Å². The number of aliphatic carboxylic acids is 1. The smallest absolute Gasteiger partial charge is 0.305 e. The molecule has 0 radical (unpaired) electrons. The van der Waals surface area contributed by atoms with E-state index in [2.05, 4.69) is 0 Å². The summed E-state index contributed by atoms with van der Waals surface area (Å²) >= 11 is 0. The molecular weight excluding hydrogens is 192 g/mol. The lowest BCUT2D eigenvalue weighted by molar-refractivity contribution is -0.137. The third-order valence-electron chi connectivity index (χ3n) is 2.36. The number of hydrogen-bond donors (Lipinski definition) is 2. The fraction of sp³-hybridized carbons (Fsp3) is 0.182. The van der Waals surface area contributed by atoms with Crippen molar-refractivity contribution in [1.29, 1.82) is 0 Å². The third kappa shape index (κ3) is 1.93. The van der Waals surface area contributed by atoms with Crippen molar-refractivity contribution in [2.75, 3.05) is 5.73 Å². The highest BCUT2D eigenvalue weighted by Crippen LogP contribution is 2.18. The van der Waals surface area contributed by atoms with E-state index in [0.717, 1.165) is 16.6 Å². The SMILES string of the molecule is Nc1ccc2c(ccn2CCC(=O)O)c1. The second kappa shape index (κ2) is 3.65. The Labute approximate surface area is 86.9 Å². The van der Waals surface area contributed by atoms with Crippen molar-refractivity contribution in [3.05, 3.63) is 30.5 Å². The minimum atomic E-state index is -0.785. The molecule has 0 spiro atoms. The maximum absolute atomic E-state index is 10.5. The summed E-state index contributed by atoms with van der Waals surface area (Å²) in [5.41, 5.74) is 7.39. The predicted octanol–water partition coefficient (Wildman–Crippen LogP) is 1.70. The van der Waals surface area contributed by atoms with Crippen LogP contribution in [0, 0.1) is 0 Å².